The fraction of sp³-hybridized carbons (Fsp3) is 0.321. The summed E-state index contributed by atoms with van der Waals surface area (Å²) in [5.74, 6) is 1.47. The van der Waals surface area contributed by atoms with Crippen LogP contribution in [0, 0.1) is 0 Å². The van der Waals surface area contributed by atoms with E-state index in [0.717, 1.165) is 27.9 Å². The number of fused-ring (bicyclic) bond motifs is 1. The predicted molar refractivity (Wildman–Crippen MR) is 138 cm³/mol. The van der Waals surface area contributed by atoms with E-state index < -0.39 is 13.9 Å². The summed E-state index contributed by atoms with van der Waals surface area (Å²) in [4.78, 5) is 4.96. The Morgan fingerprint density at radius 1 is 0.879 bits per heavy atom. The van der Waals surface area contributed by atoms with Gasteiger partial charge in [-0.25, -0.2) is 4.98 Å². The first-order chi connectivity index (χ1) is 15.6. The monoisotopic (exact) mass is 458 g/mol. The number of nitrogens with zero attached hydrogens (tertiary/aromatic N) is 2. The molecule has 4 nitrogen and oxygen atoms in total. The molecule has 4 aromatic rings. The quantitative estimate of drug-likeness (QED) is 0.326. The first-order valence-corrected chi connectivity index (χ1v) is 14.5. The highest BCUT2D eigenvalue weighted by molar-refractivity contribution is 6.74. The van der Waals surface area contributed by atoms with Crippen molar-refractivity contribution in [2.75, 3.05) is 0 Å². The summed E-state index contributed by atoms with van der Waals surface area (Å²) in [6, 6.07) is 25.6. The SMILES string of the molecule is CCn1c(C(O)(c2ccccc2)c2ccccc2)nc2ccc(O[Si](C)(C)C(C)(C)C)cc21. The highest BCUT2D eigenvalue weighted by atomic mass is 28.4. The normalized spacial score (nSPS) is 12.8. The van der Waals surface area contributed by atoms with Crippen molar-refractivity contribution in [2.45, 2.75) is 58.0 Å². The van der Waals surface area contributed by atoms with Crippen molar-refractivity contribution in [2.24, 2.45) is 0 Å². The molecule has 0 radical (unpaired) electrons. The second-order valence-electron chi connectivity index (χ2n) is 10.1. The van der Waals surface area contributed by atoms with Crippen LogP contribution in [-0.2, 0) is 12.1 Å². The molecule has 33 heavy (non-hydrogen) atoms. The van der Waals surface area contributed by atoms with Crippen molar-refractivity contribution in [3.8, 4) is 5.75 Å². The molecule has 0 aliphatic carbocycles. The minimum absolute atomic E-state index is 0.110. The van der Waals surface area contributed by atoms with Crippen molar-refractivity contribution in [1.82, 2.24) is 9.55 Å². The van der Waals surface area contributed by atoms with Gasteiger partial charge in [0.05, 0.1) is 11.0 Å². The summed E-state index contributed by atoms with van der Waals surface area (Å²) in [6.45, 7) is 14.0. The first kappa shape index (κ1) is 23.3. The number of aliphatic hydroxyl groups is 1. The number of rotatable bonds is 6. The molecule has 0 saturated carbocycles. The molecule has 1 heterocycles. The molecule has 0 atom stereocenters. The molecule has 3 aromatic carbocycles. The second kappa shape index (κ2) is 8.47. The molecule has 4 rings (SSSR count). The molecule has 0 unspecified atom stereocenters. The lowest BCUT2D eigenvalue weighted by Crippen LogP contribution is -2.43. The number of aryl methyl sites for hydroxylation is 1. The standard InChI is InChI=1S/C28H34N2O2Si/c1-7-30-25-20-23(32-33(5,6)27(2,3)4)18-19-24(25)29-26(30)28(31,21-14-10-8-11-15-21)22-16-12-9-13-17-22/h8-20,31H,7H2,1-6H3. The Balaban J connectivity index is 1.91. The Bertz CT molecular complexity index is 1200. The molecular formula is C28H34N2O2Si. The van der Waals surface area contributed by atoms with Gasteiger partial charge in [-0.1, -0.05) is 81.4 Å². The van der Waals surface area contributed by atoms with E-state index in [2.05, 4.69) is 51.4 Å². The van der Waals surface area contributed by atoms with E-state index in [9.17, 15) is 5.11 Å². The van der Waals surface area contributed by atoms with E-state index in [1.54, 1.807) is 0 Å². The minimum atomic E-state index is -1.97. The van der Waals surface area contributed by atoms with Crippen LogP contribution in [0.1, 0.15) is 44.6 Å². The zero-order valence-electron chi connectivity index (χ0n) is 20.5. The molecule has 0 amide bonds. The number of aromatic nitrogens is 2. The average Bonchev–Trinajstić information content (AvgIpc) is 3.17. The van der Waals surface area contributed by atoms with Crippen LogP contribution in [0.4, 0.5) is 0 Å². The zero-order valence-corrected chi connectivity index (χ0v) is 21.5. The lowest BCUT2D eigenvalue weighted by atomic mass is 9.85. The molecule has 0 aliphatic heterocycles. The highest BCUT2D eigenvalue weighted by Crippen LogP contribution is 2.40. The lowest BCUT2D eigenvalue weighted by Gasteiger charge is -2.36. The van der Waals surface area contributed by atoms with Gasteiger partial charge in [-0.2, -0.15) is 0 Å². The van der Waals surface area contributed by atoms with Crippen molar-refractivity contribution < 1.29 is 9.53 Å². The van der Waals surface area contributed by atoms with E-state index >= 15 is 0 Å². The lowest BCUT2D eigenvalue weighted by molar-refractivity contribution is 0.112. The van der Waals surface area contributed by atoms with Gasteiger partial charge in [-0.3, -0.25) is 0 Å². The van der Waals surface area contributed by atoms with Gasteiger partial charge in [0.25, 0.3) is 0 Å². The Morgan fingerprint density at radius 3 is 1.91 bits per heavy atom. The van der Waals surface area contributed by atoms with Crippen LogP contribution in [0.3, 0.4) is 0 Å². The van der Waals surface area contributed by atoms with Gasteiger partial charge in [0.2, 0.25) is 8.32 Å². The van der Waals surface area contributed by atoms with Gasteiger partial charge in [0.15, 0.2) is 11.4 Å². The molecule has 5 heteroatoms. The van der Waals surface area contributed by atoms with Crippen molar-refractivity contribution in [3.63, 3.8) is 0 Å². The summed E-state index contributed by atoms with van der Waals surface area (Å²) < 4.78 is 8.68. The van der Waals surface area contributed by atoms with Crippen LogP contribution in [0.5, 0.6) is 5.75 Å². The van der Waals surface area contributed by atoms with E-state index in [-0.39, 0.29) is 5.04 Å². The van der Waals surface area contributed by atoms with Gasteiger partial charge in [0, 0.05) is 12.6 Å². The third-order valence-electron chi connectivity index (χ3n) is 6.92. The number of benzene rings is 3. The number of hydrogen-bond donors (Lipinski definition) is 1. The Morgan fingerprint density at radius 2 is 1.42 bits per heavy atom. The van der Waals surface area contributed by atoms with Crippen LogP contribution < -0.4 is 4.43 Å². The third kappa shape index (κ3) is 4.11. The molecule has 1 N–H and O–H groups in total. The van der Waals surface area contributed by atoms with Crippen LogP contribution >= 0.6 is 0 Å². The summed E-state index contributed by atoms with van der Waals surface area (Å²) in [5.41, 5.74) is 2.02. The Labute approximate surface area is 198 Å². The van der Waals surface area contributed by atoms with Crippen molar-refractivity contribution in [1.29, 1.82) is 0 Å². The molecule has 0 bridgehead atoms. The van der Waals surface area contributed by atoms with E-state index in [1.807, 2.05) is 72.8 Å². The van der Waals surface area contributed by atoms with Crippen molar-refractivity contribution in [3.05, 3.63) is 95.8 Å². The molecule has 0 aliphatic rings. The van der Waals surface area contributed by atoms with Crippen molar-refractivity contribution >= 4 is 19.4 Å². The largest absolute Gasteiger partial charge is 0.543 e. The average molecular weight is 459 g/mol. The van der Waals surface area contributed by atoms with Crippen LogP contribution in [-0.4, -0.2) is 23.0 Å². The molecule has 172 valence electrons. The summed E-state index contributed by atoms with van der Waals surface area (Å²) >= 11 is 0. The van der Waals surface area contributed by atoms with Gasteiger partial charge in [-0.15, -0.1) is 0 Å². The number of imidazole rings is 1. The minimum Gasteiger partial charge on any atom is -0.543 e. The molecule has 0 fully saturated rings. The molecule has 1 aromatic heterocycles. The summed E-state index contributed by atoms with van der Waals surface area (Å²) in [5, 5.41) is 12.4. The zero-order chi connectivity index (χ0) is 23.9. The van der Waals surface area contributed by atoms with E-state index in [1.165, 1.54) is 0 Å². The fourth-order valence-corrected chi connectivity index (χ4v) is 5.02. The smallest absolute Gasteiger partial charge is 0.250 e. The van der Waals surface area contributed by atoms with Gasteiger partial charge < -0.3 is 14.1 Å². The Hall–Kier alpha value is -2.89. The topological polar surface area (TPSA) is 47.3 Å². The van der Waals surface area contributed by atoms with Crippen LogP contribution in [0.25, 0.3) is 11.0 Å². The Kier molecular flexibility index (Phi) is 5.97. The van der Waals surface area contributed by atoms with Gasteiger partial charge >= 0.3 is 0 Å². The molecular weight excluding hydrogens is 424 g/mol. The first-order valence-electron chi connectivity index (χ1n) is 11.6. The van der Waals surface area contributed by atoms with E-state index in [0.29, 0.717) is 12.4 Å². The predicted octanol–water partition coefficient (Wildman–Crippen LogP) is 6.72. The highest BCUT2D eigenvalue weighted by Gasteiger charge is 2.40. The van der Waals surface area contributed by atoms with Crippen LogP contribution in [0.2, 0.25) is 18.1 Å². The maximum atomic E-state index is 12.3. The fourth-order valence-electron chi connectivity index (χ4n) is 3.99. The maximum Gasteiger partial charge on any atom is 0.250 e. The molecule has 0 spiro atoms. The molecule has 0 saturated heterocycles. The summed E-state index contributed by atoms with van der Waals surface area (Å²) in [7, 11) is -1.97. The van der Waals surface area contributed by atoms with E-state index in [4.69, 9.17) is 9.41 Å². The summed E-state index contributed by atoms with van der Waals surface area (Å²) in [6.07, 6.45) is 0. The second-order valence-corrected chi connectivity index (χ2v) is 14.9. The van der Waals surface area contributed by atoms with Gasteiger partial charge in [-0.05, 0) is 48.3 Å². The number of hydrogen-bond acceptors (Lipinski definition) is 3. The van der Waals surface area contributed by atoms with Crippen LogP contribution in [0.15, 0.2) is 78.9 Å². The maximum absolute atomic E-state index is 12.3. The van der Waals surface area contributed by atoms with Gasteiger partial charge in [0.1, 0.15) is 5.75 Å². The third-order valence-corrected chi connectivity index (χ3v) is 11.3.